The number of carbonyl (C=O) groups excluding carboxylic acids is 5. The molecule has 1 unspecified atom stereocenters. The maximum atomic E-state index is 14.2. The summed E-state index contributed by atoms with van der Waals surface area (Å²) < 4.78 is 23.8. The molecule has 19 heteroatoms. The molecule has 0 aromatic heterocycles. The highest BCUT2D eigenvalue weighted by atomic mass is 35.5. The van der Waals surface area contributed by atoms with Crippen molar-refractivity contribution in [1.29, 1.82) is 0 Å². The number of rotatable bonds is 9. The number of phenols is 2. The number of amides is 3. The monoisotopic (exact) mass is 874 g/mol. The van der Waals surface area contributed by atoms with E-state index in [4.69, 9.17) is 30.5 Å². The van der Waals surface area contributed by atoms with Crippen molar-refractivity contribution in [2.45, 2.75) is 75.5 Å². The van der Waals surface area contributed by atoms with Gasteiger partial charge in [0.25, 0.3) is 17.7 Å². The summed E-state index contributed by atoms with van der Waals surface area (Å²) in [5.41, 5.74) is -2.06. The van der Waals surface area contributed by atoms with Crippen molar-refractivity contribution < 1.29 is 68.5 Å². The predicted molar refractivity (Wildman–Crippen MR) is 218 cm³/mol. The molecule has 7 atom stereocenters. The number of hydrogen-bond donors (Lipinski definition) is 6. The van der Waals surface area contributed by atoms with E-state index in [-0.39, 0.29) is 56.8 Å². The van der Waals surface area contributed by atoms with Crippen molar-refractivity contribution in [3.05, 3.63) is 92.5 Å². The van der Waals surface area contributed by atoms with Crippen LogP contribution in [0.15, 0.2) is 53.7 Å². The number of carbonyl (C=O) groups is 5. The van der Waals surface area contributed by atoms with Gasteiger partial charge in [-0.05, 0) is 38.1 Å². The Morgan fingerprint density at radius 1 is 1.03 bits per heavy atom. The summed E-state index contributed by atoms with van der Waals surface area (Å²) in [7, 11) is 1.32. The van der Waals surface area contributed by atoms with E-state index in [0.29, 0.717) is 19.7 Å². The van der Waals surface area contributed by atoms with Gasteiger partial charge in [-0.1, -0.05) is 23.7 Å². The third kappa shape index (κ3) is 7.35. The molecule has 2 aliphatic carbocycles. The number of halogens is 1. The first-order valence-corrected chi connectivity index (χ1v) is 20.2. The van der Waals surface area contributed by atoms with Gasteiger partial charge >= 0.3 is 0 Å². The molecular formula is C43H43ClN4O14. The number of imide groups is 1. The number of aromatic hydroxyl groups is 2. The van der Waals surface area contributed by atoms with Gasteiger partial charge < -0.3 is 44.5 Å². The quantitative estimate of drug-likeness (QED) is 0.0609. The van der Waals surface area contributed by atoms with Crippen molar-refractivity contribution in [3.8, 4) is 17.2 Å². The van der Waals surface area contributed by atoms with Crippen LogP contribution in [0.25, 0.3) is 0 Å². The molecule has 2 saturated heterocycles. The van der Waals surface area contributed by atoms with E-state index in [1.807, 2.05) is 6.92 Å². The molecule has 3 aromatic rings. The van der Waals surface area contributed by atoms with E-state index in [0.717, 1.165) is 17.1 Å². The van der Waals surface area contributed by atoms with Gasteiger partial charge in [-0.2, -0.15) is 5.10 Å². The Kier molecular flexibility index (Phi) is 11.5. The lowest BCUT2D eigenvalue weighted by Crippen LogP contribution is -2.59. The lowest BCUT2D eigenvalue weighted by molar-refractivity contribution is -0.260. The molecule has 2 fully saturated rings. The van der Waals surface area contributed by atoms with Crippen LogP contribution in [0.3, 0.4) is 0 Å². The smallest absolute Gasteiger partial charge is 0.272 e. The summed E-state index contributed by atoms with van der Waals surface area (Å²) in [6, 6.07) is 7.68. The van der Waals surface area contributed by atoms with Crippen LogP contribution in [0.5, 0.6) is 17.2 Å². The van der Waals surface area contributed by atoms with Gasteiger partial charge in [-0.15, -0.1) is 0 Å². The number of phenolic OH excluding ortho intramolecular Hbond substituents is 2. The van der Waals surface area contributed by atoms with Crippen LogP contribution < -0.4 is 15.1 Å². The van der Waals surface area contributed by atoms with E-state index in [2.05, 4.69) is 15.4 Å². The van der Waals surface area contributed by atoms with Crippen molar-refractivity contribution in [2.24, 2.45) is 5.10 Å². The number of aliphatic hydroxyl groups excluding tert-OH is 2. The molecule has 0 spiro atoms. The average Bonchev–Trinajstić information content (AvgIpc) is 3.58. The molecule has 3 amide bonds. The zero-order chi connectivity index (χ0) is 44.4. The first-order chi connectivity index (χ1) is 29.6. The molecule has 8 rings (SSSR count). The maximum absolute atomic E-state index is 14.2. The number of aliphatic hydroxyl groups is 3. The van der Waals surface area contributed by atoms with Crippen molar-refractivity contribution in [3.63, 3.8) is 0 Å². The minimum Gasteiger partial charge on any atom is -0.507 e. The predicted octanol–water partition coefficient (Wildman–Crippen LogP) is 2.06. The third-order valence-corrected chi connectivity index (χ3v) is 12.4. The number of hydrazone groups is 1. The summed E-state index contributed by atoms with van der Waals surface area (Å²) >= 11 is 6.40. The Balaban J connectivity index is 1.17. The number of morpholine rings is 1. The molecule has 0 saturated carbocycles. The highest BCUT2D eigenvalue weighted by molar-refractivity contribution is 6.35. The Hall–Kier alpha value is -5.57. The summed E-state index contributed by atoms with van der Waals surface area (Å²) in [4.78, 5) is 69.0. The topological polar surface area (TPSA) is 254 Å². The van der Waals surface area contributed by atoms with Crippen LogP contribution in [0.1, 0.15) is 86.1 Å². The summed E-state index contributed by atoms with van der Waals surface area (Å²) in [5, 5.41) is 62.4. The molecule has 3 heterocycles. The molecular weight excluding hydrogens is 832 g/mol. The van der Waals surface area contributed by atoms with Crippen molar-refractivity contribution in [2.75, 3.05) is 38.3 Å². The van der Waals surface area contributed by atoms with Gasteiger partial charge in [0.2, 0.25) is 5.78 Å². The maximum Gasteiger partial charge on any atom is 0.272 e. The zero-order valence-electron chi connectivity index (χ0n) is 33.7. The first-order valence-electron chi connectivity index (χ1n) is 19.8. The fourth-order valence-electron chi connectivity index (χ4n) is 9.01. The van der Waals surface area contributed by atoms with E-state index in [1.54, 1.807) is 6.92 Å². The number of fused-ring (bicyclic) bond motifs is 3. The van der Waals surface area contributed by atoms with Crippen LogP contribution in [0.4, 0.5) is 5.69 Å². The van der Waals surface area contributed by atoms with Crippen molar-refractivity contribution in [1.82, 2.24) is 10.3 Å². The minimum absolute atomic E-state index is 0.0640. The van der Waals surface area contributed by atoms with Gasteiger partial charge in [0.1, 0.15) is 22.8 Å². The Morgan fingerprint density at radius 3 is 2.44 bits per heavy atom. The molecule has 0 bridgehead atoms. The highest BCUT2D eigenvalue weighted by Gasteiger charge is 2.50. The molecule has 3 aliphatic heterocycles. The number of ketones is 2. The average molecular weight is 875 g/mol. The van der Waals surface area contributed by atoms with Crippen LogP contribution in [0.2, 0.25) is 5.02 Å². The Morgan fingerprint density at radius 2 is 1.76 bits per heavy atom. The fourth-order valence-corrected chi connectivity index (χ4v) is 9.27. The Labute approximate surface area is 358 Å². The molecule has 62 heavy (non-hydrogen) atoms. The number of nitrogens with zero attached hydrogens (tertiary/aromatic N) is 3. The van der Waals surface area contributed by atoms with E-state index in [1.165, 1.54) is 43.5 Å². The van der Waals surface area contributed by atoms with Gasteiger partial charge in [0.05, 0.1) is 83.4 Å². The SMILES string of the molecule is COc1cccc2c1C(=O)c1c(O)c3c(c(O)c1C2=O)C[C@@](O)(/C(CO)=N/NC(=O)c1ccc(N2C(=O)C=CC2=O)cc1Cl)C[C@@H]3O[C@H]1CC(N2CCO[C@@H](C)C2)[C@H](O)[C@H](C)O1. The van der Waals surface area contributed by atoms with E-state index >= 15 is 0 Å². The molecule has 3 aromatic carbocycles. The second-order valence-corrected chi connectivity index (χ2v) is 16.2. The standard InChI is InChI=1S/C43H43ClN4O14/c1-19-17-47(11-12-60-19)26-14-32(61-20(2)37(26)52)62-28-16-43(58,29(18-49)45-46-42(57)22-8-7-21(13-25(22)44)48-30(50)9-10-31(48)51)15-24-34(28)41(56)36-35(39(24)54)38(53)23-5-4-6-27(59-3)33(23)40(36)55/h4-10,13,19-20,26,28,32,37,49,52,54,56,58H,11-12,14-18H2,1-3H3,(H,46,57)/b45-29+/t19-,20-,26?,28-,32-,37+,43-/m0/s1. The highest BCUT2D eigenvalue weighted by Crippen LogP contribution is 2.53. The van der Waals surface area contributed by atoms with Gasteiger partial charge in [0.15, 0.2) is 12.1 Å². The molecule has 0 radical (unpaired) electrons. The zero-order valence-corrected chi connectivity index (χ0v) is 34.4. The van der Waals surface area contributed by atoms with Gasteiger partial charge in [0, 0.05) is 67.2 Å². The second-order valence-electron chi connectivity index (χ2n) is 15.8. The molecule has 18 nitrogen and oxygen atoms in total. The van der Waals surface area contributed by atoms with E-state index in [9.17, 15) is 49.5 Å². The van der Waals surface area contributed by atoms with Crippen LogP contribution in [-0.4, -0.2) is 135 Å². The number of benzene rings is 3. The molecule has 5 aliphatic rings. The minimum atomic E-state index is -2.27. The summed E-state index contributed by atoms with van der Waals surface area (Å²) in [6.45, 7) is 4.09. The van der Waals surface area contributed by atoms with E-state index < -0.39 is 113 Å². The van der Waals surface area contributed by atoms with Crippen molar-refractivity contribution >= 4 is 52.3 Å². The number of methoxy groups -OCH3 is 1. The lowest BCUT2D eigenvalue weighted by Gasteiger charge is -2.47. The van der Waals surface area contributed by atoms with Crippen LogP contribution in [-0.2, 0) is 30.2 Å². The van der Waals surface area contributed by atoms with Gasteiger partial charge in [-0.25, -0.2) is 10.3 Å². The fraction of sp³-hybridized carbons (Fsp3) is 0.395. The number of anilines is 1. The summed E-state index contributed by atoms with van der Waals surface area (Å²) in [6.07, 6.45) is -3.15. The number of nitrogens with one attached hydrogen (secondary N) is 1. The lowest BCUT2D eigenvalue weighted by atomic mass is 9.71. The van der Waals surface area contributed by atoms with Crippen LogP contribution >= 0.6 is 11.6 Å². The largest absolute Gasteiger partial charge is 0.507 e. The van der Waals surface area contributed by atoms with Gasteiger partial charge in [-0.3, -0.25) is 28.9 Å². The molecule has 326 valence electrons. The number of hydrogen-bond acceptors (Lipinski definition) is 16. The van der Waals surface area contributed by atoms with Crippen LogP contribution in [0, 0.1) is 0 Å². The summed E-state index contributed by atoms with van der Waals surface area (Å²) in [5.74, 6) is -5.09. The Bertz CT molecular complexity index is 2460. The first kappa shape index (κ1) is 43.1. The normalized spacial score (nSPS) is 27.5. The molecule has 6 N–H and O–H groups in total. The third-order valence-electron chi connectivity index (χ3n) is 12.1. The number of ether oxygens (including phenoxy) is 4. The second kappa shape index (κ2) is 16.6.